The lowest BCUT2D eigenvalue weighted by atomic mass is 9.93. The van der Waals surface area contributed by atoms with Gasteiger partial charge in [0.1, 0.15) is 17.6 Å². The van der Waals surface area contributed by atoms with Crippen LogP contribution in [0, 0.1) is 0 Å². The summed E-state index contributed by atoms with van der Waals surface area (Å²) in [4.78, 5) is 30.4. The minimum Gasteiger partial charge on any atom is -0.507 e. The van der Waals surface area contributed by atoms with Gasteiger partial charge in [-0.1, -0.05) is 31.2 Å². The molecule has 0 radical (unpaired) electrons. The van der Waals surface area contributed by atoms with Gasteiger partial charge < -0.3 is 19.5 Å². The zero-order valence-electron chi connectivity index (χ0n) is 20.3. The average Bonchev–Trinajstić information content (AvgIpc) is 3.38. The van der Waals surface area contributed by atoms with Crippen molar-refractivity contribution >= 4 is 17.4 Å². The fourth-order valence-electron chi connectivity index (χ4n) is 5.19. The van der Waals surface area contributed by atoms with Crippen LogP contribution in [-0.4, -0.2) is 72.1 Å². The number of likely N-dealkylation sites (tertiary alicyclic amines) is 1. The van der Waals surface area contributed by atoms with Gasteiger partial charge in [-0.05, 0) is 48.2 Å². The Morgan fingerprint density at radius 1 is 1.06 bits per heavy atom. The van der Waals surface area contributed by atoms with Gasteiger partial charge in [-0.15, -0.1) is 0 Å². The summed E-state index contributed by atoms with van der Waals surface area (Å²) in [6.07, 6.45) is 1.71. The molecule has 0 spiro atoms. The minimum atomic E-state index is -0.640. The molecular weight excluding hydrogens is 444 g/mol. The largest absolute Gasteiger partial charge is 0.507 e. The zero-order chi connectivity index (χ0) is 24.5. The number of ether oxygens (including phenoxy) is 2. The standard InChI is InChI=1S/C28H32N2O5/c1-3-19-4-6-20(7-5-19)25-24(26(31)21-8-9-23-22(17-21)16-18(2)35-23)27(32)28(33)30(25)11-10-29-12-14-34-15-13-29/h4-9,17-18,25,31H,3,10-16H2,1-2H3/b26-24+. The molecule has 1 amide bonds. The summed E-state index contributed by atoms with van der Waals surface area (Å²) in [7, 11) is 0. The van der Waals surface area contributed by atoms with E-state index in [-0.39, 0.29) is 17.4 Å². The van der Waals surface area contributed by atoms with Crippen LogP contribution in [0.1, 0.15) is 42.1 Å². The molecule has 0 saturated carbocycles. The van der Waals surface area contributed by atoms with Crippen molar-refractivity contribution in [3.05, 3.63) is 70.3 Å². The van der Waals surface area contributed by atoms with E-state index < -0.39 is 17.7 Å². The number of carbonyl (C=O) groups is 2. The average molecular weight is 477 g/mol. The van der Waals surface area contributed by atoms with E-state index in [4.69, 9.17) is 9.47 Å². The van der Waals surface area contributed by atoms with Crippen molar-refractivity contribution in [2.45, 2.75) is 38.8 Å². The van der Waals surface area contributed by atoms with Crippen molar-refractivity contribution in [2.24, 2.45) is 0 Å². The van der Waals surface area contributed by atoms with Crippen molar-refractivity contribution in [3.8, 4) is 5.75 Å². The van der Waals surface area contributed by atoms with Gasteiger partial charge in [0.2, 0.25) is 0 Å². The van der Waals surface area contributed by atoms with Crippen LogP contribution in [0.25, 0.3) is 5.76 Å². The van der Waals surface area contributed by atoms with Gasteiger partial charge in [-0.2, -0.15) is 0 Å². The lowest BCUT2D eigenvalue weighted by molar-refractivity contribution is -0.140. The molecule has 2 saturated heterocycles. The number of ketones is 1. The number of carbonyl (C=O) groups excluding carboxylic acids is 2. The molecule has 2 atom stereocenters. The molecule has 184 valence electrons. The van der Waals surface area contributed by atoms with Crippen LogP contribution in [0.4, 0.5) is 0 Å². The summed E-state index contributed by atoms with van der Waals surface area (Å²) in [5, 5.41) is 11.4. The highest BCUT2D eigenvalue weighted by Gasteiger charge is 2.46. The molecule has 3 heterocycles. The number of hydrogen-bond acceptors (Lipinski definition) is 6. The molecule has 2 aromatic rings. The van der Waals surface area contributed by atoms with E-state index >= 15 is 0 Å². The molecule has 35 heavy (non-hydrogen) atoms. The number of nitrogens with zero attached hydrogens (tertiary/aromatic N) is 2. The van der Waals surface area contributed by atoms with E-state index in [2.05, 4.69) is 11.8 Å². The number of aryl methyl sites for hydroxylation is 1. The Labute approximate surface area is 205 Å². The zero-order valence-corrected chi connectivity index (χ0v) is 20.3. The molecule has 3 aliphatic rings. The molecule has 5 rings (SSSR count). The maximum Gasteiger partial charge on any atom is 0.295 e. The van der Waals surface area contributed by atoms with E-state index in [0.717, 1.165) is 42.8 Å². The smallest absolute Gasteiger partial charge is 0.295 e. The van der Waals surface area contributed by atoms with Gasteiger partial charge in [-0.3, -0.25) is 14.5 Å². The first kappa shape index (κ1) is 23.6. The first-order valence-corrected chi connectivity index (χ1v) is 12.4. The summed E-state index contributed by atoms with van der Waals surface area (Å²) in [6.45, 7) is 8.07. The summed E-state index contributed by atoms with van der Waals surface area (Å²) in [5.74, 6) is -0.544. The van der Waals surface area contributed by atoms with E-state index in [9.17, 15) is 14.7 Å². The van der Waals surface area contributed by atoms with Gasteiger partial charge in [0, 0.05) is 38.2 Å². The second kappa shape index (κ2) is 9.84. The SMILES string of the molecule is CCc1ccc(C2/C(=C(\O)c3ccc4c(c3)CC(C)O4)C(=O)C(=O)N2CCN2CCOCC2)cc1. The molecule has 3 aliphatic heterocycles. The quantitative estimate of drug-likeness (QED) is 0.392. The number of aliphatic hydroxyl groups excluding tert-OH is 1. The molecule has 2 fully saturated rings. The molecule has 2 unspecified atom stereocenters. The highest BCUT2D eigenvalue weighted by atomic mass is 16.5. The van der Waals surface area contributed by atoms with Gasteiger partial charge in [0.25, 0.3) is 11.7 Å². The molecule has 0 aromatic heterocycles. The number of amides is 1. The monoisotopic (exact) mass is 476 g/mol. The van der Waals surface area contributed by atoms with E-state index in [1.807, 2.05) is 43.3 Å². The molecule has 7 nitrogen and oxygen atoms in total. The fraction of sp³-hybridized carbons (Fsp3) is 0.429. The lowest BCUT2D eigenvalue weighted by Crippen LogP contribution is -2.42. The van der Waals surface area contributed by atoms with Crippen LogP contribution in [0.15, 0.2) is 48.0 Å². The normalized spacial score (nSPS) is 24.0. The second-order valence-corrected chi connectivity index (χ2v) is 9.50. The number of benzene rings is 2. The number of Topliss-reactive ketones (excluding diaryl/α,β-unsaturated/α-hetero) is 1. The Balaban J connectivity index is 1.53. The van der Waals surface area contributed by atoms with E-state index in [0.29, 0.717) is 31.9 Å². The summed E-state index contributed by atoms with van der Waals surface area (Å²) >= 11 is 0. The summed E-state index contributed by atoms with van der Waals surface area (Å²) in [6, 6.07) is 12.8. The number of rotatable bonds is 6. The Kier molecular flexibility index (Phi) is 6.62. The summed E-state index contributed by atoms with van der Waals surface area (Å²) < 4.78 is 11.2. The first-order chi connectivity index (χ1) is 17.0. The third kappa shape index (κ3) is 4.58. The van der Waals surface area contributed by atoms with Crippen LogP contribution in [0.3, 0.4) is 0 Å². The maximum atomic E-state index is 13.3. The van der Waals surface area contributed by atoms with E-state index in [1.54, 1.807) is 11.0 Å². The van der Waals surface area contributed by atoms with Gasteiger partial charge >= 0.3 is 0 Å². The summed E-state index contributed by atoms with van der Waals surface area (Å²) in [5.41, 5.74) is 3.66. The van der Waals surface area contributed by atoms with Crippen molar-refractivity contribution in [3.63, 3.8) is 0 Å². The Morgan fingerprint density at radius 2 is 1.80 bits per heavy atom. The Morgan fingerprint density at radius 3 is 2.51 bits per heavy atom. The molecule has 0 aliphatic carbocycles. The number of morpholine rings is 1. The van der Waals surface area contributed by atoms with Crippen LogP contribution in [-0.2, 0) is 27.2 Å². The molecule has 7 heteroatoms. The maximum absolute atomic E-state index is 13.3. The van der Waals surface area contributed by atoms with Gasteiger partial charge in [0.05, 0.1) is 24.8 Å². The number of aliphatic hydroxyl groups is 1. The van der Waals surface area contributed by atoms with Crippen LogP contribution in [0.2, 0.25) is 0 Å². The van der Waals surface area contributed by atoms with Crippen molar-refractivity contribution in [1.82, 2.24) is 9.80 Å². The lowest BCUT2D eigenvalue weighted by Gasteiger charge is -2.31. The third-order valence-electron chi connectivity index (χ3n) is 7.17. The van der Waals surface area contributed by atoms with Crippen LogP contribution >= 0.6 is 0 Å². The van der Waals surface area contributed by atoms with Gasteiger partial charge in [0.15, 0.2) is 0 Å². The molecule has 1 N–H and O–H groups in total. The van der Waals surface area contributed by atoms with Crippen LogP contribution < -0.4 is 4.74 Å². The predicted molar refractivity (Wildman–Crippen MR) is 132 cm³/mol. The van der Waals surface area contributed by atoms with Crippen molar-refractivity contribution < 1.29 is 24.2 Å². The van der Waals surface area contributed by atoms with E-state index in [1.165, 1.54) is 5.56 Å². The predicted octanol–water partition coefficient (Wildman–Crippen LogP) is 3.33. The highest BCUT2D eigenvalue weighted by Crippen LogP contribution is 2.40. The van der Waals surface area contributed by atoms with Crippen LogP contribution in [0.5, 0.6) is 5.75 Å². The second-order valence-electron chi connectivity index (χ2n) is 9.50. The molecule has 0 bridgehead atoms. The topological polar surface area (TPSA) is 79.3 Å². The van der Waals surface area contributed by atoms with Crippen molar-refractivity contribution in [1.29, 1.82) is 0 Å². The first-order valence-electron chi connectivity index (χ1n) is 12.4. The number of hydrogen-bond donors (Lipinski definition) is 1. The minimum absolute atomic E-state index is 0.0743. The van der Waals surface area contributed by atoms with Crippen molar-refractivity contribution in [2.75, 3.05) is 39.4 Å². The molecular formula is C28H32N2O5. The fourth-order valence-corrected chi connectivity index (χ4v) is 5.19. The molecule has 2 aromatic carbocycles. The van der Waals surface area contributed by atoms with Gasteiger partial charge in [-0.25, -0.2) is 0 Å². The highest BCUT2D eigenvalue weighted by molar-refractivity contribution is 6.46. The number of fused-ring (bicyclic) bond motifs is 1. The Bertz CT molecular complexity index is 1150. The third-order valence-corrected chi connectivity index (χ3v) is 7.17. The Hall–Kier alpha value is -3.16.